The van der Waals surface area contributed by atoms with Gasteiger partial charge in [0.1, 0.15) is 5.82 Å². The standard InChI is InChI=1S/C11H12BrN3O/c12-9-2-1-5-14-10(9)15-11(16)7-3-4-8(13)6-7/h1-5,7-8H,6,13H2,(H,14,15,16). The van der Waals surface area contributed by atoms with Crippen LogP contribution >= 0.6 is 15.9 Å². The number of carbonyl (C=O) groups is 1. The third-order valence-electron chi connectivity index (χ3n) is 2.45. The summed E-state index contributed by atoms with van der Waals surface area (Å²) < 4.78 is 0.773. The zero-order valence-electron chi connectivity index (χ0n) is 8.56. The summed E-state index contributed by atoms with van der Waals surface area (Å²) >= 11 is 3.33. The van der Waals surface area contributed by atoms with E-state index >= 15 is 0 Å². The summed E-state index contributed by atoms with van der Waals surface area (Å²) in [6, 6.07) is 3.62. The topological polar surface area (TPSA) is 68.0 Å². The van der Waals surface area contributed by atoms with Crippen LogP contribution in [0.4, 0.5) is 5.82 Å². The van der Waals surface area contributed by atoms with Crippen LogP contribution in [0.5, 0.6) is 0 Å². The van der Waals surface area contributed by atoms with Crippen LogP contribution in [0.25, 0.3) is 0 Å². The molecule has 5 heteroatoms. The Kier molecular flexibility index (Phi) is 3.36. The highest BCUT2D eigenvalue weighted by atomic mass is 79.9. The third kappa shape index (κ3) is 2.48. The first kappa shape index (κ1) is 11.3. The number of carbonyl (C=O) groups excluding carboxylic acids is 1. The van der Waals surface area contributed by atoms with Crippen molar-refractivity contribution in [2.24, 2.45) is 11.7 Å². The molecule has 1 aromatic heterocycles. The van der Waals surface area contributed by atoms with Crippen LogP contribution < -0.4 is 11.1 Å². The summed E-state index contributed by atoms with van der Waals surface area (Å²) in [5, 5.41) is 2.77. The first-order valence-electron chi connectivity index (χ1n) is 5.02. The van der Waals surface area contributed by atoms with Gasteiger partial charge in [0.15, 0.2) is 0 Å². The average molecular weight is 282 g/mol. The molecule has 1 aliphatic rings. The smallest absolute Gasteiger partial charge is 0.232 e. The second-order valence-corrected chi connectivity index (χ2v) is 4.57. The minimum absolute atomic E-state index is 0.0112. The summed E-state index contributed by atoms with van der Waals surface area (Å²) in [6.45, 7) is 0. The van der Waals surface area contributed by atoms with Crippen molar-refractivity contribution in [1.29, 1.82) is 0 Å². The van der Waals surface area contributed by atoms with Crippen LogP contribution in [0.1, 0.15) is 6.42 Å². The number of nitrogens with two attached hydrogens (primary N) is 1. The van der Waals surface area contributed by atoms with Gasteiger partial charge in [-0.3, -0.25) is 4.79 Å². The van der Waals surface area contributed by atoms with E-state index in [1.54, 1.807) is 12.3 Å². The normalized spacial score (nSPS) is 23.4. The molecule has 84 valence electrons. The molecule has 1 amide bonds. The van der Waals surface area contributed by atoms with Gasteiger partial charge in [0.25, 0.3) is 0 Å². The fourth-order valence-corrected chi connectivity index (χ4v) is 1.96. The molecule has 0 fully saturated rings. The predicted octanol–water partition coefficient (Wildman–Crippen LogP) is 1.69. The van der Waals surface area contributed by atoms with Gasteiger partial charge in [-0.05, 0) is 34.5 Å². The second kappa shape index (κ2) is 4.76. The molecule has 2 rings (SSSR count). The Bertz CT molecular complexity index is 433. The van der Waals surface area contributed by atoms with Crippen LogP contribution in [-0.4, -0.2) is 16.9 Å². The number of nitrogens with zero attached hydrogens (tertiary/aromatic N) is 1. The molecule has 1 heterocycles. The van der Waals surface area contributed by atoms with E-state index in [9.17, 15) is 4.79 Å². The van der Waals surface area contributed by atoms with Crippen LogP contribution in [0, 0.1) is 5.92 Å². The second-order valence-electron chi connectivity index (χ2n) is 3.71. The zero-order chi connectivity index (χ0) is 11.5. The molecule has 0 aliphatic heterocycles. The number of hydrogen-bond donors (Lipinski definition) is 2. The van der Waals surface area contributed by atoms with Crippen LogP contribution in [-0.2, 0) is 4.79 Å². The lowest BCUT2D eigenvalue weighted by Gasteiger charge is -2.10. The van der Waals surface area contributed by atoms with Crippen LogP contribution in [0.3, 0.4) is 0 Å². The van der Waals surface area contributed by atoms with Gasteiger partial charge in [0.05, 0.1) is 10.4 Å². The molecule has 0 saturated heterocycles. The molecule has 0 aromatic carbocycles. The minimum atomic E-state index is -0.149. The van der Waals surface area contributed by atoms with Crippen molar-refractivity contribution in [3.63, 3.8) is 0 Å². The van der Waals surface area contributed by atoms with Crippen molar-refractivity contribution in [1.82, 2.24) is 4.98 Å². The number of pyridine rings is 1. The largest absolute Gasteiger partial charge is 0.324 e. The predicted molar refractivity (Wildman–Crippen MR) is 65.8 cm³/mol. The first-order chi connectivity index (χ1) is 7.66. The maximum absolute atomic E-state index is 11.8. The maximum Gasteiger partial charge on any atom is 0.232 e. The number of rotatable bonds is 2. The van der Waals surface area contributed by atoms with Gasteiger partial charge >= 0.3 is 0 Å². The highest BCUT2D eigenvalue weighted by molar-refractivity contribution is 9.10. The summed E-state index contributed by atoms with van der Waals surface area (Å²) in [5.74, 6) is 0.328. The quantitative estimate of drug-likeness (QED) is 0.811. The molecule has 1 aliphatic carbocycles. The van der Waals surface area contributed by atoms with Crippen molar-refractivity contribution in [2.45, 2.75) is 12.5 Å². The molecule has 2 atom stereocenters. The van der Waals surface area contributed by atoms with E-state index in [4.69, 9.17) is 5.73 Å². The molecule has 0 bridgehead atoms. The number of amides is 1. The molecule has 2 unspecified atom stereocenters. The fourth-order valence-electron chi connectivity index (χ4n) is 1.61. The lowest BCUT2D eigenvalue weighted by atomic mass is 10.1. The van der Waals surface area contributed by atoms with Crippen molar-refractivity contribution < 1.29 is 4.79 Å². The van der Waals surface area contributed by atoms with Crippen molar-refractivity contribution >= 4 is 27.7 Å². The molecular formula is C11H12BrN3O. The molecule has 4 nitrogen and oxygen atoms in total. The van der Waals surface area contributed by atoms with E-state index in [-0.39, 0.29) is 17.9 Å². The molecule has 3 N–H and O–H groups in total. The molecule has 0 radical (unpaired) electrons. The maximum atomic E-state index is 11.8. The van der Waals surface area contributed by atoms with Gasteiger partial charge in [0, 0.05) is 12.2 Å². The third-order valence-corrected chi connectivity index (χ3v) is 3.09. The SMILES string of the molecule is NC1C=CC(C(=O)Nc2ncccc2Br)C1. The van der Waals surface area contributed by atoms with E-state index in [2.05, 4.69) is 26.2 Å². The lowest BCUT2D eigenvalue weighted by Crippen LogP contribution is -2.24. The fraction of sp³-hybridized carbons (Fsp3) is 0.273. The highest BCUT2D eigenvalue weighted by Gasteiger charge is 2.23. The minimum Gasteiger partial charge on any atom is -0.324 e. The van der Waals surface area contributed by atoms with Gasteiger partial charge in [-0.1, -0.05) is 12.2 Å². The van der Waals surface area contributed by atoms with Gasteiger partial charge in [-0.2, -0.15) is 0 Å². The number of anilines is 1. The summed E-state index contributed by atoms with van der Waals surface area (Å²) in [5.41, 5.74) is 5.69. The Morgan fingerprint density at radius 3 is 3.00 bits per heavy atom. The number of halogens is 1. The van der Waals surface area contributed by atoms with E-state index < -0.39 is 0 Å². The van der Waals surface area contributed by atoms with Crippen molar-refractivity contribution in [3.8, 4) is 0 Å². The number of hydrogen-bond acceptors (Lipinski definition) is 3. The van der Waals surface area contributed by atoms with Crippen molar-refractivity contribution in [3.05, 3.63) is 35.0 Å². The van der Waals surface area contributed by atoms with Gasteiger partial charge < -0.3 is 11.1 Å². The van der Waals surface area contributed by atoms with Crippen molar-refractivity contribution in [2.75, 3.05) is 5.32 Å². The highest BCUT2D eigenvalue weighted by Crippen LogP contribution is 2.22. The Labute approximate surface area is 102 Å². The molecule has 0 saturated carbocycles. The van der Waals surface area contributed by atoms with Gasteiger partial charge in [0.2, 0.25) is 5.91 Å². The van der Waals surface area contributed by atoms with Crippen LogP contribution in [0.15, 0.2) is 35.0 Å². The van der Waals surface area contributed by atoms with E-state index in [1.165, 1.54) is 0 Å². The Morgan fingerprint density at radius 2 is 2.38 bits per heavy atom. The Balaban J connectivity index is 2.03. The van der Waals surface area contributed by atoms with Crippen LogP contribution in [0.2, 0.25) is 0 Å². The van der Waals surface area contributed by atoms with E-state index in [0.717, 1.165) is 4.47 Å². The van der Waals surface area contributed by atoms with E-state index in [1.807, 2.05) is 18.2 Å². The first-order valence-corrected chi connectivity index (χ1v) is 5.81. The number of nitrogens with one attached hydrogen (secondary N) is 1. The summed E-state index contributed by atoms with van der Waals surface area (Å²) in [7, 11) is 0. The Morgan fingerprint density at radius 1 is 1.56 bits per heavy atom. The summed E-state index contributed by atoms with van der Waals surface area (Å²) in [6.07, 6.45) is 6.00. The molecule has 16 heavy (non-hydrogen) atoms. The zero-order valence-corrected chi connectivity index (χ0v) is 10.1. The monoisotopic (exact) mass is 281 g/mol. The van der Waals surface area contributed by atoms with E-state index in [0.29, 0.717) is 12.2 Å². The Hall–Kier alpha value is -1.20. The van der Waals surface area contributed by atoms with Gasteiger partial charge in [-0.25, -0.2) is 4.98 Å². The molecule has 1 aromatic rings. The average Bonchev–Trinajstić information content (AvgIpc) is 2.68. The van der Waals surface area contributed by atoms with Gasteiger partial charge in [-0.15, -0.1) is 0 Å². The lowest BCUT2D eigenvalue weighted by molar-refractivity contribution is -0.118. The molecule has 0 spiro atoms. The molecular weight excluding hydrogens is 270 g/mol. The summed E-state index contributed by atoms with van der Waals surface area (Å²) in [4.78, 5) is 15.9. The number of aromatic nitrogens is 1.